The zero-order valence-electron chi connectivity index (χ0n) is 11.1. The first-order chi connectivity index (χ1) is 9.65. The van der Waals surface area contributed by atoms with E-state index in [1.54, 1.807) is 0 Å². The predicted molar refractivity (Wildman–Crippen MR) is 74.6 cm³/mol. The molecule has 0 bridgehead atoms. The minimum absolute atomic E-state index is 0.269. The minimum atomic E-state index is -1.25. The molecule has 0 spiro atoms. The highest BCUT2D eigenvalue weighted by atomic mass is 16.6. The molecule has 5 nitrogen and oxygen atoms in total. The van der Waals surface area contributed by atoms with Gasteiger partial charge in [0.1, 0.15) is 0 Å². The maximum absolute atomic E-state index is 12.0. The van der Waals surface area contributed by atoms with Gasteiger partial charge in [-0.1, -0.05) is 36.9 Å². The molecule has 1 N–H and O–H groups in total. The zero-order chi connectivity index (χ0) is 14.4. The van der Waals surface area contributed by atoms with Crippen LogP contribution in [0.5, 0.6) is 0 Å². The van der Waals surface area contributed by atoms with Gasteiger partial charge in [0, 0.05) is 19.4 Å². The Morgan fingerprint density at radius 3 is 2.75 bits per heavy atom. The number of amides is 1. The van der Waals surface area contributed by atoms with Gasteiger partial charge in [-0.2, -0.15) is 0 Å². The lowest BCUT2D eigenvalue weighted by molar-refractivity contribution is -0.136. The van der Waals surface area contributed by atoms with E-state index in [1.807, 2.05) is 30.3 Å². The minimum Gasteiger partial charge on any atom is -0.523 e. The largest absolute Gasteiger partial charge is 0.695 e. The summed E-state index contributed by atoms with van der Waals surface area (Å²) in [4.78, 5) is 23.4. The number of benzene rings is 1. The van der Waals surface area contributed by atoms with Gasteiger partial charge >= 0.3 is 7.12 Å². The summed E-state index contributed by atoms with van der Waals surface area (Å²) in [5.74, 6) is -0.458. The molecule has 1 saturated heterocycles. The molecule has 0 atom stereocenters. The third kappa shape index (κ3) is 4.15. The van der Waals surface area contributed by atoms with Crippen molar-refractivity contribution in [1.82, 2.24) is 5.32 Å². The SMILES string of the molecule is C=C1CCCC(=O)OB(C(=O)NCc2ccccc2)O1. The molecule has 20 heavy (non-hydrogen) atoms. The molecule has 2 rings (SSSR count). The molecule has 0 aromatic heterocycles. The molecular formula is C14H16BNO4. The number of rotatable bonds is 3. The average molecular weight is 273 g/mol. The Morgan fingerprint density at radius 1 is 1.25 bits per heavy atom. The van der Waals surface area contributed by atoms with E-state index in [0.29, 0.717) is 25.1 Å². The van der Waals surface area contributed by atoms with Gasteiger partial charge in [-0.25, -0.2) is 0 Å². The number of hydrogen-bond donors (Lipinski definition) is 1. The molecule has 1 heterocycles. The maximum Gasteiger partial charge on any atom is 0.695 e. The van der Waals surface area contributed by atoms with Crippen LogP contribution in [0.15, 0.2) is 42.7 Å². The normalized spacial score (nSPS) is 15.7. The number of nitrogens with one attached hydrogen (secondary N) is 1. The Bertz CT molecular complexity index is 485. The van der Waals surface area contributed by atoms with Crippen molar-refractivity contribution in [2.75, 3.05) is 0 Å². The molecule has 0 saturated carbocycles. The summed E-state index contributed by atoms with van der Waals surface area (Å²) in [7, 11) is -1.25. The van der Waals surface area contributed by atoms with Gasteiger partial charge in [-0.3, -0.25) is 9.59 Å². The van der Waals surface area contributed by atoms with Crippen molar-refractivity contribution < 1.29 is 18.9 Å². The first kappa shape index (κ1) is 14.2. The Balaban J connectivity index is 1.92. The van der Waals surface area contributed by atoms with Crippen LogP contribution in [0.4, 0.5) is 4.79 Å². The van der Waals surface area contributed by atoms with E-state index in [1.165, 1.54) is 0 Å². The van der Waals surface area contributed by atoms with E-state index in [2.05, 4.69) is 11.9 Å². The van der Waals surface area contributed by atoms with E-state index in [9.17, 15) is 9.59 Å². The van der Waals surface area contributed by atoms with Gasteiger partial charge in [0.25, 0.3) is 11.8 Å². The molecule has 1 fully saturated rings. The van der Waals surface area contributed by atoms with Crippen LogP contribution < -0.4 is 5.32 Å². The molecule has 6 heteroatoms. The van der Waals surface area contributed by atoms with Gasteiger partial charge in [0.2, 0.25) is 0 Å². The smallest absolute Gasteiger partial charge is 0.523 e. The van der Waals surface area contributed by atoms with Crippen LogP contribution in [-0.2, 0) is 20.6 Å². The predicted octanol–water partition coefficient (Wildman–Crippen LogP) is 2.22. The number of hydrogen-bond acceptors (Lipinski definition) is 4. The van der Waals surface area contributed by atoms with Crippen LogP contribution >= 0.6 is 0 Å². The molecule has 0 unspecified atom stereocenters. The van der Waals surface area contributed by atoms with Crippen LogP contribution in [-0.4, -0.2) is 18.9 Å². The van der Waals surface area contributed by atoms with E-state index >= 15 is 0 Å². The first-order valence-corrected chi connectivity index (χ1v) is 6.51. The molecule has 0 aliphatic carbocycles. The number of allylic oxidation sites excluding steroid dienone is 1. The monoisotopic (exact) mass is 273 g/mol. The highest BCUT2D eigenvalue weighted by Gasteiger charge is 2.36. The summed E-state index contributed by atoms with van der Waals surface area (Å²) in [5.41, 5.74) is 0.955. The fourth-order valence-electron chi connectivity index (χ4n) is 1.82. The van der Waals surface area contributed by atoms with Crippen LogP contribution in [0, 0.1) is 0 Å². The third-order valence-corrected chi connectivity index (χ3v) is 2.87. The summed E-state index contributed by atoms with van der Waals surface area (Å²) in [6, 6.07) is 9.45. The van der Waals surface area contributed by atoms with Gasteiger partial charge in [0.15, 0.2) is 0 Å². The van der Waals surface area contributed by atoms with Crippen molar-refractivity contribution in [3.63, 3.8) is 0 Å². The molecule has 1 aromatic rings. The molecule has 0 radical (unpaired) electrons. The van der Waals surface area contributed by atoms with E-state index in [0.717, 1.165) is 5.56 Å². The van der Waals surface area contributed by atoms with Crippen LogP contribution in [0.25, 0.3) is 0 Å². The van der Waals surface area contributed by atoms with Gasteiger partial charge < -0.3 is 14.6 Å². The second kappa shape index (κ2) is 6.79. The molecule has 1 aliphatic rings. The maximum atomic E-state index is 12.0. The van der Waals surface area contributed by atoms with Crippen LogP contribution in [0.1, 0.15) is 24.8 Å². The van der Waals surface area contributed by atoms with E-state index in [-0.39, 0.29) is 6.42 Å². The molecule has 1 amide bonds. The summed E-state index contributed by atoms with van der Waals surface area (Å²) in [6.45, 7) is 4.05. The summed E-state index contributed by atoms with van der Waals surface area (Å²) >= 11 is 0. The van der Waals surface area contributed by atoms with Crippen molar-refractivity contribution in [3.05, 3.63) is 48.2 Å². The Morgan fingerprint density at radius 2 is 2.00 bits per heavy atom. The zero-order valence-corrected chi connectivity index (χ0v) is 11.1. The summed E-state index contributed by atoms with van der Waals surface area (Å²) in [5, 5.41) is 2.68. The summed E-state index contributed by atoms with van der Waals surface area (Å²) in [6.07, 6.45) is 1.44. The lowest BCUT2D eigenvalue weighted by Gasteiger charge is -2.19. The Labute approximate surface area is 118 Å². The molecule has 1 aromatic carbocycles. The Kier molecular flexibility index (Phi) is 4.82. The topological polar surface area (TPSA) is 64.6 Å². The van der Waals surface area contributed by atoms with Crippen molar-refractivity contribution in [1.29, 1.82) is 0 Å². The highest BCUT2D eigenvalue weighted by molar-refractivity contribution is 6.81. The Hall–Kier alpha value is -2.24. The van der Waals surface area contributed by atoms with Crippen molar-refractivity contribution in [3.8, 4) is 0 Å². The highest BCUT2D eigenvalue weighted by Crippen LogP contribution is 2.14. The van der Waals surface area contributed by atoms with E-state index in [4.69, 9.17) is 9.31 Å². The van der Waals surface area contributed by atoms with Gasteiger partial charge in [-0.05, 0) is 12.0 Å². The van der Waals surface area contributed by atoms with Crippen LogP contribution in [0.2, 0.25) is 0 Å². The third-order valence-electron chi connectivity index (χ3n) is 2.87. The molecule has 1 aliphatic heterocycles. The average Bonchev–Trinajstić information content (AvgIpc) is 2.43. The molecule has 104 valence electrons. The summed E-state index contributed by atoms with van der Waals surface area (Å²) < 4.78 is 10.2. The van der Waals surface area contributed by atoms with Crippen molar-refractivity contribution in [2.45, 2.75) is 25.8 Å². The lowest BCUT2D eigenvalue weighted by Crippen LogP contribution is -2.43. The van der Waals surface area contributed by atoms with E-state index < -0.39 is 18.9 Å². The fourth-order valence-corrected chi connectivity index (χ4v) is 1.82. The lowest BCUT2D eigenvalue weighted by atomic mass is 9.87. The second-order valence-electron chi connectivity index (χ2n) is 4.54. The molecular weight excluding hydrogens is 257 g/mol. The van der Waals surface area contributed by atoms with Gasteiger partial charge in [0.05, 0.1) is 5.76 Å². The first-order valence-electron chi connectivity index (χ1n) is 6.51. The quantitative estimate of drug-likeness (QED) is 0.857. The fraction of sp³-hybridized carbons (Fsp3) is 0.286. The number of carbonyl (C=O) groups excluding carboxylic acids is 2. The van der Waals surface area contributed by atoms with Crippen molar-refractivity contribution in [2.24, 2.45) is 0 Å². The van der Waals surface area contributed by atoms with Crippen molar-refractivity contribution >= 4 is 18.9 Å². The van der Waals surface area contributed by atoms with Crippen LogP contribution in [0.3, 0.4) is 0 Å². The second-order valence-corrected chi connectivity index (χ2v) is 4.54. The standard InChI is InChI=1S/C14H16BNO4/c1-11-6-5-9-13(17)20-15(19-11)14(18)16-10-12-7-3-2-4-8-12/h2-4,7-8H,1,5-6,9-10H2,(H,16,18). The number of carbonyl (C=O) groups is 2. The van der Waals surface area contributed by atoms with Gasteiger partial charge in [-0.15, -0.1) is 0 Å².